The number of ether oxygens (including phenoxy) is 1. The summed E-state index contributed by atoms with van der Waals surface area (Å²) in [6.45, 7) is 5.69. The fraction of sp³-hybridized carbons (Fsp3) is 0.963. The first-order chi connectivity index (χ1) is 17.8. The molecule has 12 heteroatoms. The van der Waals surface area contributed by atoms with Crippen LogP contribution in [0, 0.1) is 46.3 Å². The van der Waals surface area contributed by atoms with Gasteiger partial charge in [0.2, 0.25) is 5.91 Å². The van der Waals surface area contributed by atoms with Crippen molar-refractivity contribution in [3.05, 3.63) is 0 Å². The molecule has 0 aromatic rings. The van der Waals surface area contributed by atoms with Gasteiger partial charge in [0.15, 0.2) is 17.4 Å². The van der Waals surface area contributed by atoms with E-state index in [1.54, 1.807) is 0 Å². The molecule has 1 unspecified atom stereocenters. The van der Waals surface area contributed by atoms with Crippen molar-refractivity contribution in [2.75, 3.05) is 19.4 Å². The number of fused-ring (bicyclic) bond motifs is 5. The molecule has 7 N–H and O–H groups in total. The minimum absolute atomic E-state index is 0.00864. The van der Waals surface area contributed by atoms with Gasteiger partial charge in [-0.15, -0.1) is 0 Å². The number of carbonyl (C=O) groups excluding carboxylic acids is 1. The molecule has 4 rings (SSSR count). The second kappa shape index (κ2) is 10.1. The molecule has 39 heavy (non-hydrogen) atoms. The van der Waals surface area contributed by atoms with Gasteiger partial charge in [-0.25, -0.2) is 0 Å². The molecular formula is C27H47NO10S. The van der Waals surface area contributed by atoms with Crippen LogP contribution >= 0.6 is 0 Å². The van der Waals surface area contributed by atoms with Crippen molar-refractivity contribution in [1.82, 2.24) is 5.32 Å². The Balaban J connectivity index is 1.53. The molecule has 0 heterocycles. The highest BCUT2D eigenvalue weighted by atomic mass is 32.2. The maximum absolute atomic E-state index is 12.3. The first-order valence-electron chi connectivity index (χ1n) is 14.2. The highest BCUT2D eigenvalue weighted by Gasteiger charge is 2.73. The summed E-state index contributed by atoms with van der Waals surface area (Å²) in [5, 5.41) is 59.7. The summed E-state index contributed by atoms with van der Waals surface area (Å²) in [5.41, 5.74) is -1.46. The van der Waals surface area contributed by atoms with E-state index < -0.39 is 50.0 Å². The van der Waals surface area contributed by atoms with Crippen molar-refractivity contribution in [2.24, 2.45) is 46.3 Å². The highest BCUT2D eigenvalue weighted by molar-refractivity contribution is 7.85. The van der Waals surface area contributed by atoms with E-state index in [1.165, 1.54) is 7.11 Å². The predicted octanol–water partition coefficient (Wildman–Crippen LogP) is 0.982. The lowest BCUT2D eigenvalue weighted by Crippen LogP contribution is -2.70. The molecule has 0 aromatic carbocycles. The lowest BCUT2D eigenvalue weighted by atomic mass is 9.41. The van der Waals surface area contributed by atoms with E-state index in [0.717, 1.165) is 0 Å². The minimum Gasteiger partial charge on any atom is -0.365 e. The summed E-state index contributed by atoms with van der Waals surface area (Å²) < 4.78 is 35.9. The molecule has 11 nitrogen and oxygen atoms in total. The van der Waals surface area contributed by atoms with Gasteiger partial charge >= 0.3 is 0 Å². The minimum atomic E-state index is -4.17. The molecule has 0 aliphatic heterocycles. The van der Waals surface area contributed by atoms with E-state index >= 15 is 0 Å². The Hall–Kier alpha value is -0.860. The topological polar surface area (TPSA) is 194 Å². The van der Waals surface area contributed by atoms with Crippen molar-refractivity contribution in [1.29, 1.82) is 0 Å². The molecule has 0 radical (unpaired) electrons. The third kappa shape index (κ3) is 5.40. The molecule has 4 aliphatic rings. The molecule has 0 bridgehead atoms. The summed E-state index contributed by atoms with van der Waals surface area (Å²) in [5.74, 6) is -8.18. The lowest BCUT2D eigenvalue weighted by Gasteiger charge is -2.67. The van der Waals surface area contributed by atoms with Gasteiger partial charge < -0.3 is 35.6 Å². The van der Waals surface area contributed by atoms with E-state index in [1.807, 2.05) is 13.8 Å². The van der Waals surface area contributed by atoms with Gasteiger partial charge in [-0.2, -0.15) is 8.42 Å². The number of aliphatic hydroxyl groups is 5. The number of methoxy groups -OCH3 is 1. The number of rotatable bonds is 8. The monoisotopic (exact) mass is 577 g/mol. The van der Waals surface area contributed by atoms with Crippen LogP contribution in [0.2, 0.25) is 0 Å². The van der Waals surface area contributed by atoms with Crippen LogP contribution in [0.1, 0.15) is 78.6 Å². The Morgan fingerprint density at radius 1 is 1.03 bits per heavy atom. The maximum Gasteiger partial charge on any atom is 0.266 e. The first kappa shape index (κ1) is 31.1. The third-order valence-electron chi connectivity index (χ3n) is 11.6. The smallest absolute Gasteiger partial charge is 0.266 e. The average molecular weight is 578 g/mol. The van der Waals surface area contributed by atoms with Crippen molar-refractivity contribution in [3.63, 3.8) is 0 Å². The Kier molecular flexibility index (Phi) is 8.09. The highest BCUT2D eigenvalue weighted by Crippen LogP contribution is 2.72. The van der Waals surface area contributed by atoms with Crippen molar-refractivity contribution < 1.29 is 48.0 Å². The van der Waals surface area contributed by atoms with Crippen LogP contribution < -0.4 is 5.32 Å². The van der Waals surface area contributed by atoms with E-state index in [0.29, 0.717) is 32.1 Å². The van der Waals surface area contributed by atoms with Gasteiger partial charge in [-0.05, 0) is 60.7 Å². The van der Waals surface area contributed by atoms with Gasteiger partial charge in [-0.1, -0.05) is 20.8 Å². The Labute approximate surface area is 231 Å². The number of carbonyl (C=O) groups is 1. The van der Waals surface area contributed by atoms with Gasteiger partial charge in [-0.3, -0.25) is 9.35 Å². The Morgan fingerprint density at radius 3 is 2.31 bits per heavy atom. The number of hydrogen-bond acceptors (Lipinski definition) is 9. The largest absolute Gasteiger partial charge is 0.365 e. The molecule has 0 aromatic heterocycles. The first-order valence-corrected chi connectivity index (χ1v) is 15.8. The third-order valence-corrected chi connectivity index (χ3v) is 12.3. The average Bonchev–Trinajstić information content (AvgIpc) is 3.17. The molecule has 0 saturated heterocycles. The predicted molar refractivity (Wildman–Crippen MR) is 140 cm³/mol. The molecule has 4 saturated carbocycles. The zero-order valence-electron chi connectivity index (χ0n) is 23.5. The zero-order chi connectivity index (χ0) is 29.2. The quantitative estimate of drug-likeness (QED) is 0.161. The second-order valence-corrected chi connectivity index (χ2v) is 15.1. The van der Waals surface area contributed by atoms with E-state index in [2.05, 4.69) is 12.2 Å². The molecule has 1 amide bonds. The fourth-order valence-electron chi connectivity index (χ4n) is 9.31. The summed E-state index contributed by atoms with van der Waals surface area (Å²) >= 11 is 0. The standard InChI is InChI=1S/C27H47NO10S/c1-16(5-8-21(29)28-11-12-39(35,36)37)18-6-7-19-22-20(15-27(33,34)24(18,19)3)23(2)9-10-25(30,38-4)13-17(23)14-26(22,31)32/h16-20,22,30-34H,5-15H2,1-4H3,(H,28,29)(H,35,36,37)/t16-,17?,18-,19+,20+,22+,23+,24-,25+/m1/s1. The number of hydrogen-bond donors (Lipinski definition) is 7. The molecule has 226 valence electrons. The molecule has 4 fully saturated rings. The van der Waals surface area contributed by atoms with Crippen LogP contribution in [0.3, 0.4) is 0 Å². The summed E-state index contributed by atoms with van der Waals surface area (Å²) in [4.78, 5) is 12.3. The Morgan fingerprint density at radius 2 is 1.69 bits per heavy atom. The summed E-state index contributed by atoms with van der Waals surface area (Å²) in [6.07, 6.45) is 3.10. The van der Waals surface area contributed by atoms with E-state index in [9.17, 15) is 38.7 Å². The van der Waals surface area contributed by atoms with Gasteiger partial charge in [0.05, 0.1) is 5.75 Å². The Bertz CT molecular complexity index is 1050. The van der Waals surface area contributed by atoms with Crippen LogP contribution in [-0.2, 0) is 19.6 Å². The molecule has 0 spiro atoms. The number of amides is 1. The van der Waals surface area contributed by atoms with Crippen molar-refractivity contribution >= 4 is 16.0 Å². The van der Waals surface area contributed by atoms with Crippen molar-refractivity contribution in [3.8, 4) is 0 Å². The van der Waals surface area contributed by atoms with E-state index in [-0.39, 0.29) is 67.7 Å². The summed E-state index contributed by atoms with van der Waals surface area (Å²) in [7, 11) is -2.72. The van der Waals surface area contributed by atoms with Gasteiger partial charge in [0, 0.05) is 57.1 Å². The normalized spacial score (nSPS) is 43.6. The van der Waals surface area contributed by atoms with Gasteiger partial charge in [0.1, 0.15) is 0 Å². The molecular weight excluding hydrogens is 530 g/mol. The zero-order valence-corrected chi connectivity index (χ0v) is 24.3. The van der Waals surface area contributed by atoms with Crippen LogP contribution in [0.15, 0.2) is 0 Å². The maximum atomic E-state index is 12.3. The van der Waals surface area contributed by atoms with Crippen LogP contribution in [0.25, 0.3) is 0 Å². The van der Waals surface area contributed by atoms with Crippen LogP contribution in [-0.4, -0.2) is 81.2 Å². The van der Waals surface area contributed by atoms with Crippen molar-refractivity contribution in [2.45, 2.75) is 95.9 Å². The SMILES string of the molecule is CO[C@@]1(O)CC[C@@]2(C)C(CC(O)(O)[C@H]3[C@@H]4CC[C@H]([C@H](C)CCC(=O)NCCS(=O)(=O)O)[C@@]4(C)C(O)(O)C[C@@H]32)C1. The number of nitrogens with one attached hydrogen (secondary N) is 1. The molecule has 4 aliphatic carbocycles. The van der Waals surface area contributed by atoms with Gasteiger partial charge in [0.25, 0.3) is 10.1 Å². The fourth-order valence-corrected chi connectivity index (χ4v) is 9.67. The molecule has 9 atom stereocenters. The lowest BCUT2D eigenvalue weighted by molar-refractivity contribution is -0.373. The second-order valence-electron chi connectivity index (χ2n) is 13.5. The van der Waals surface area contributed by atoms with Crippen LogP contribution in [0.5, 0.6) is 0 Å². The summed E-state index contributed by atoms with van der Waals surface area (Å²) in [6, 6.07) is 0. The van der Waals surface area contributed by atoms with Crippen LogP contribution in [0.4, 0.5) is 0 Å². The van der Waals surface area contributed by atoms with E-state index in [4.69, 9.17) is 9.29 Å².